The summed E-state index contributed by atoms with van der Waals surface area (Å²) in [5.41, 5.74) is 0. The van der Waals surface area contributed by atoms with E-state index in [2.05, 4.69) is 17.6 Å². The lowest BCUT2D eigenvalue weighted by Gasteiger charge is -2.29. The van der Waals surface area contributed by atoms with Gasteiger partial charge in [0.1, 0.15) is 0 Å². The number of rotatable bonds is 6. The lowest BCUT2D eigenvalue weighted by atomic mass is 9.89. The third-order valence-corrected chi connectivity index (χ3v) is 5.46. The van der Waals surface area contributed by atoms with Gasteiger partial charge in [-0.2, -0.15) is 0 Å². The predicted octanol–water partition coefficient (Wildman–Crippen LogP) is 2.31. The van der Waals surface area contributed by atoms with Crippen LogP contribution in [0.25, 0.3) is 0 Å². The van der Waals surface area contributed by atoms with E-state index in [9.17, 15) is 0 Å². The van der Waals surface area contributed by atoms with Crippen LogP contribution in [0.1, 0.15) is 51.9 Å². The average Bonchev–Trinajstić information content (AvgIpc) is 3.01. The van der Waals surface area contributed by atoms with Gasteiger partial charge in [0.05, 0.1) is 6.10 Å². The Hall–Kier alpha value is -0.120. The van der Waals surface area contributed by atoms with Crippen LogP contribution < -0.4 is 10.6 Å². The van der Waals surface area contributed by atoms with Crippen molar-refractivity contribution >= 4 is 0 Å². The van der Waals surface area contributed by atoms with Gasteiger partial charge in [-0.3, -0.25) is 0 Å². The molecule has 3 saturated heterocycles. The van der Waals surface area contributed by atoms with Crippen LogP contribution >= 0.6 is 0 Å². The summed E-state index contributed by atoms with van der Waals surface area (Å²) in [4.78, 5) is 0. The van der Waals surface area contributed by atoms with Crippen molar-refractivity contribution in [2.75, 3.05) is 19.7 Å². The molecule has 0 amide bonds. The highest BCUT2D eigenvalue weighted by Crippen LogP contribution is 2.32. The molecule has 3 heteroatoms. The van der Waals surface area contributed by atoms with Crippen LogP contribution in [0, 0.1) is 11.8 Å². The Morgan fingerprint density at radius 2 is 1.95 bits per heavy atom. The molecule has 0 aromatic carbocycles. The maximum absolute atomic E-state index is 5.75. The second-order valence-electron chi connectivity index (χ2n) is 6.83. The van der Waals surface area contributed by atoms with E-state index in [-0.39, 0.29) is 0 Å². The van der Waals surface area contributed by atoms with Gasteiger partial charge in [-0.25, -0.2) is 0 Å². The Morgan fingerprint density at radius 1 is 1.16 bits per heavy atom. The molecule has 110 valence electrons. The van der Waals surface area contributed by atoms with Crippen molar-refractivity contribution in [1.29, 1.82) is 0 Å². The molecular weight excluding hydrogens is 236 g/mol. The van der Waals surface area contributed by atoms with E-state index in [0.717, 1.165) is 37.1 Å². The largest absolute Gasteiger partial charge is 0.378 e. The van der Waals surface area contributed by atoms with Gasteiger partial charge in [0.15, 0.2) is 0 Å². The van der Waals surface area contributed by atoms with Crippen molar-refractivity contribution in [2.45, 2.75) is 70.1 Å². The second kappa shape index (κ2) is 6.55. The van der Waals surface area contributed by atoms with Crippen molar-refractivity contribution in [1.82, 2.24) is 10.6 Å². The fourth-order valence-corrected chi connectivity index (χ4v) is 4.38. The van der Waals surface area contributed by atoms with Crippen LogP contribution in [0.15, 0.2) is 0 Å². The molecule has 4 unspecified atom stereocenters. The van der Waals surface area contributed by atoms with Gasteiger partial charge in [-0.05, 0) is 63.3 Å². The number of piperidine rings is 1. The quantitative estimate of drug-likeness (QED) is 0.724. The zero-order valence-electron chi connectivity index (χ0n) is 12.4. The zero-order chi connectivity index (χ0) is 13.1. The molecule has 19 heavy (non-hydrogen) atoms. The molecular formula is C16H30N2O. The van der Waals surface area contributed by atoms with Crippen molar-refractivity contribution in [3.05, 3.63) is 0 Å². The van der Waals surface area contributed by atoms with E-state index in [1.165, 1.54) is 51.5 Å². The zero-order valence-corrected chi connectivity index (χ0v) is 12.4. The Labute approximate surface area is 117 Å². The first-order valence-corrected chi connectivity index (χ1v) is 8.43. The molecule has 3 aliphatic heterocycles. The van der Waals surface area contributed by atoms with Gasteiger partial charge in [0.25, 0.3) is 0 Å². The maximum atomic E-state index is 5.75. The third kappa shape index (κ3) is 3.50. The van der Waals surface area contributed by atoms with Crippen molar-refractivity contribution in [2.24, 2.45) is 11.8 Å². The minimum absolute atomic E-state index is 0.516. The fourth-order valence-electron chi connectivity index (χ4n) is 4.38. The molecule has 4 atom stereocenters. The van der Waals surface area contributed by atoms with Crippen LogP contribution in [0.3, 0.4) is 0 Å². The monoisotopic (exact) mass is 266 g/mol. The average molecular weight is 266 g/mol. The fraction of sp³-hybridized carbons (Fsp3) is 1.00. The van der Waals surface area contributed by atoms with Gasteiger partial charge in [0, 0.05) is 25.2 Å². The van der Waals surface area contributed by atoms with E-state index in [0.29, 0.717) is 6.10 Å². The van der Waals surface area contributed by atoms with Crippen LogP contribution in [0.2, 0.25) is 0 Å². The Balaban J connectivity index is 1.31. The molecule has 3 rings (SSSR count). The highest BCUT2D eigenvalue weighted by Gasteiger charge is 2.33. The summed E-state index contributed by atoms with van der Waals surface area (Å²) < 4.78 is 5.75. The van der Waals surface area contributed by atoms with Crippen LogP contribution in [-0.4, -0.2) is 37.9 Å². The topological polar surface area (TPSA) is 33.3 Å². The Bertz CT molecular complexity index is 272. The molecule has 3 heterocycles. The summed E-state index contributed by atoms with van der Waals surface area (Å²) in [5.74, 6) is 1.72. The van der Waals surface area contributed by atoms with Crippen LogP contribution in [0.5, 0.6) is 0 Å². The Morgan fingerprint density at radius 3 is 2.68 bits per heavy atom. The molecule has 3 fully saturated rings. The summed E-state index contributed by atoms with van der Waals surface area (Å²) in [5, 5.41) is 7.42. The molecule has 3 nitrogen and oxygen atoms in total. The normalized spacial score (nSPS) is 41.8. The smallest absolute Gasteiger partial charge is 0.0613 e. The first kappa shape index (κ1) is 13.8. The van der Waals surface area contributed by atoms with Gasteiger partial charge in [0.2, 0.25) is 0 Å². The number of fused-ring (bicyclic) bond motifs is 2. The minimum Gasteiger partial charge on any atom is -0.378 e. The van der Waals surface area contributed by atoms with E-state index in [4.69, 9.17) is 4.74 Å². The first-order valence-electron chi connectivity index (χ1n) is 8.43. The highest BCUT2D eigenvalue weighted by molar-refractivity contribution is 4.92. The number of nitrogens with one attached hydrogen (secondary N) is 2. The molecule has 2 N–H and O–H groups in total. The number of ether oxygens (including phenoxy) is 1. The molecule has 3 aliphatic rings. The van der Waals surface area contributed by atoms with Gasteiger partial charge >= 0.3 is 0 Å². The molecule has 2 bridgehead atoms. The predicted molar refractivity (Wildman–Crippen MR) is 78.3 cm³/mol. The molecule has 0 aromatic rings. The van der Waals surface area contributed by atoms with Gasteiger partial charge in [-0.1, -0.05) is 6.92 Å². The lowest BCUT2D eigenvalue weighted by molar-refractivity contribution is 0.0872. The van der Waals surface area contributed by atoms with Crippen molar-refractivity contribution in [3.8, 4) is 0 Å². The van der Waals surface area contributed by atoms with E-state index < -0.39 is 0 Å². The van der Waals surface area contributed by atoms with E-state index >= 15 is 0 Å². The molecule has 0 aromatic heterocycles. The standard InChI is InChI=1S/C16H30N2O/c1-2-16-13(6-8-19-16)11-17-7-5-12-9-14-3-4-15(10-12)18-14/h12-18H,2-11H2,1H3. The van der Waals surface area contributed by atoms with Crippen LogP contribution in [0.4, 0.5) is 0 Å². The molecule has 0 saturated carbocycles. The van der Waals surface area contributed by atoms with E-state index in [1.807, 2.05) is 0 Å². The third-order valence-electron chi connectivity index (χ3n) is 5.46. The first-order chi connectivity index (χ1) is 9.35. The summed E-state index contributed by atoms with van der Waals surface area (Å²) >= 11 is 0. The van der Waals surface area contributed by atoms with Crippen molar-refractivity contribution < 1.29 is 4.74 Å². The highest BCUT2D eigenvalue weighted by atomic mass is 16.5. The lowest BCUT2D eigenvalue weighted by Crippen LogP contribution is -2.39. The summed E-state index contributed by atoms with van der Waals surface area (Å²) in [6.45, 7) is 5.59. The SMILES string of the molecule is CCC1OCCC1CNCCC1CC2CCC(C1)N2. The molecule has 0 aliphatic carbocycles. The number of hydrogen-bond acceptors (Lipinski definition) is 3. The van der Waals surface area contributed by atoms with Gasteiger partial charge in [-0.15, -0.1) is 0 Å². The summed E-state index contributed by atoms with van der Waals surface area (Å²) in [6, 6.07) is 1.69. The summed E-state index contributed by atoms with van der Waals surface area (Å²) in [7, 11) is 0. The van der Waals surface area contributed by atoms with Crippen molar-refractivity contribution in [3.63, 3.8) is 0 Å². The minimum atomic E-state index is 0.516. The summed E-state index contributed by atoms with van der Waals surface area (Å²) in [6.07, 6.45) is 10.00. The molecule has 0 spiro atoms. The van der Waals surface area contributed by atoms with Gasteiger partial charge < -0.3 is 15.4 Å². The van der Waals surface area contributed by atoms with E-state index in [1.54, 1.807) is 0 Å². The molecule has 0 radical (unpaired) electrons. The van der Waals surface area contributed by atoms with Crippen LogP contribution in [-0.2, 0) is 4.74 Å². The maximum Gasteiger partial charge on any atom is 0.0613 e. The second-order valence-corrected chi connectivity index (χ2v) is 6.83. The Kier molecular flexibility index (Phi) is 4.78. The number of hydrogen-bond donors (Lipinski definition) is 2.